The van der Waals surface area contributed by atoms with Gasteiger partial charge in [0.1, 0.15) is 11.3 Å². The molecule has 2 saturated heterocycles. The predicted molar refractivity (Wildman–Crippen MR) is 117 cm³/mol. The number of benzene rings is 1. The third-order valence-corrected chi connectivity index (χ3v) is 7.36. The van der Waals surface area contributed by atoms with E-state index in [0.29, 0.717) is 10.0 Å². The van der Waals surface area contributed by atoms with Crippen molar-refractivity contribution >= 4 is 40.2 Å². The van der Waals surface area contributed by atoms with E-state index in [-0.39, 0.29) is 17.6 Å². The molecule has 2 aliphatic rings. The van der Waals surface area contributed by atoms with Crippen molar-refractivity contribution in [3.8, 4) is 11.1 Å². The molecule has 5 rings (SSSR count). The summed E-state index contributed by atoms with van der Waals surface area (Å²) in [6.45, 7) is 4.63. The third kappa shape index (κ3) is 3.10. The summed E-state index contributed by atoms with van der Waals surface area (Å²) in [5.41, 5.74) is 9.79. The predicted octanol–water partition coefficient (Wildman–Crippen LogP) is 4.26. The van der Waals surface area contributed by atoms with Crippen LogP contribution in [0.2, 0.25) is 10.0 Å². The van der Waals surface area contributed by atoms with Gasteiger partial charge in [-0.2, -0.15) is 0 Å². The Morgan fingerprint density at radius 3 is 2.76 bits per heavy atom. The Morgan fingerprint density at radius 1 is 1.24 bits per heavy atom. The number of fused-ring (bicyclic) bond motifs is 1. The molecule has 2 atom stereocenters. The van der Waals surface area contributed by atoms with Gasteiger partial charge in [-0.05, 0) is 25.8 Å². The molecule has 0 aliphatic carbocycles. The van der Waals surface area contributed by atoms with Crippen molar-refractivity contribution in [3.63, 3.8) is 0 Å². The molecule has 1 aromatic carbocycles. The smallest absolute Gasteiger partial charge is 0.159 e. The zero-order valence-electron chi connectivity index (χ0n) is 16.2. The SMILES string of the molecule is C[C@@H]1OCC2(CCN(c3cnc4c(-c5cccc(Cl)c5Cl)c[nH]c4n3)CC2)[C@@H]1N. The number of nitrogens with two attached hydrogens (primary N) is 1. The van der Waals surface area contributed by atoms with E-state index < -0.39 is 0 Å². The van der Waals surface area contributed by atoms with Crippen molar-refractivity contribution in [1.29, 1.82) is 0 Å². The molecule has 3 N–H and O–H groups in total. The van der Waals surface area contributed by atoms with E-state index in [1.807, 2.05) is 24.5 Å². The maximum absolute atomic E-state index is 6.43. The van der Waals surface area contributed by atoms with E-state index in [9.17, 15) is 0 Å². The molecule has 0 radical (unpaired) electrons. The maximum Gasteiger partial charge on any atom is 0.159 e. The first kappa shape index (κ1) is 19.1. The van der Waals surface area contributed by atoms with Crippen LogP contribution < -0.4 is 10.6 Å². The number of ether oxygens (including phenoxy) is 1. The summed E-state index contributed by atoms with van der Waals surface area (Å²) in [7, 11) is 0. The zero-order chi connectivity index (χ0) is 20.2. The Balaban J connectivity index is 1.40. The van der Waals surface area contributed by atoms with Gasteiger partial charge in [-0.25, -0.2) is 9.97 Å². The van der Waals surface area contributed by atoms with E-state index in [0.717, 1.165) is 60.6 Å². The molecule has 29 heavy (non-hydrogen) atoms. The summed E-state index contributed by atoms with van der Waals surface area (Å²) in [6, 6.07) is 5.69. The van der Waals surface area contributed by atoms with Gasteiger partial charge < -0.3 is 20.4 Å². The largest absolute Gasteiger partial charge is 0.376 e. The molecule has 0 saturated carbocycles. The highest BCUT2D eigenvalue weighted by molar-refractivity contribution is 6.43. The lowest BCUT2D eigenvalue weighted by molar-refractivity contribution is 0.0974. The van der Waals surface area contributed by atoms with Crippen molar-refractivity contribution in [2.45, 2.75) is 31.9 Å². The van der Waals surface area contributed by atoms with Gasteiger partial charge in [0.25, 0.3) is 0 Å². The fourth-order valence-corrected chi connectivity index (χ4v) is 5.01. The lowest BCUT2D eigenvalue weighted by atomic mass is 9.73. The molecular weight excluding hydrogens is 409 g/mol. The molecule has 6 nitrogen and oxygen atoms in total. The first-order valence-corrected chi connectivity index (χ1v) is 10.6. The highest BCUT2D eigenvalue weighted by Crippen LogP contribution is 2.42. The van der Waals surface area contributed by atoms with Gasteiger partial charge >= 0.3 is 0 Å². The number of aromatic amines is 1. The molecule has 0 unspecified atom stereocenters. The highest BCUT2D eigenvalue weighted by atomic mass is 35.5. The molecule has 2 fully saturated rings. The molecule has 0 bridgehead atoms. The number of anilines is 1. The van der Waals surface area contributed by atoms with Crippen molar-refractivity contribution in [1.82, 2.24) is 15.0 Å². The van der Waals surface area contributed by atoms with Crippen LogP contribution in [0.5, 0.6) is 0 Å². The zero-order valence-corrected chi connectivity index (χ0v) is 17.7. The second-order valence-corrected chi connectivity index (χ2v) is 8.91. The number of halogens is 2. The first-order valence-electron chi connectivity index (χ1n) is 9.89. The second kappa shape index (κ2) is 7.13. The standard InChI is InChI=1S/C21H23Cl2N5O/c1-12-19(24)21(11-29-12)5-7-28(8-6-21)16-10-25-18-14(9-26-20(18)27-16)13-3-2-4-15(22)17(13)23/h2-4,9-10,12,19H,5-8,11,24H2,1H3,(H,26,27)/t12-,19+/m0/s1. The molecule has 3 aromatic rings. The number of hydrogen-bond donors (Lipinski definition) is 2. The van der Waals surface area contributed by atoms with Crippen molar-refractivity contribution in [2.75, 3.05) is 24.6 Å². The topological polar surface area (TPSA) is 80.1 Å². The fraction of sp³-hybridized carbons (Fsp3) is 0.429. The molecule has 8 heteroatoms. The number of H-pyrrole nitrogens is 1. The molecule has 4 heterocycles. The summed E-state index contributed by atoms with van der Waals surface area (Å²) in [5, 5.41) is 1.04. The minimum Gasteiger partial charge on any atom is -0.376 e. The summed E-state index contributed by atoms with van der Waals surface area (Å²) < 4.78 is 5.82. The van der Waals surface area contributed by atoms with Gasteiger partial charge in [-0.1, -0.05) is 35.3 Å². The fourth-order valence-electron chi connectivity index (χ4n) is 4.61. The average Bonchev–Trinajstić information content (AvgIpc) is 3.27. The molecule has 0 amide bonds. The van der Waals surface area contributed by atoms with Gasteiger partial charge in [-0.15, -0.1) is 0 Å². The lowest BCUT2D eigenvalue weighted by Crippen LogP contribution is -2.50. The number of aromatic nitrogens is 3. The average molecular weight is 432 g/mol. The minimum atomic E-state index is 0.0936. The minimum absolute atomic E-state index is 0.0936. The Labute approximate surface area is 179 Å². The summed E-state index contributed by atoms with van der Waals surface area (Å²) in [5.74, 6) is 0.874. The van der Waals surface area contributed by atoms with Gasteiger partial charge in [0.15, 0.2) is 5.65 Å². The van der Waals surface area contributed by atoms with E-state index in [4.69, 9.17) is 43.6 Å². The molecule has 2 aliphatic heterocycles. The lowest BCUT2D eigenvalue weighted by Gasteiger charge is -2.41. The van der Waals surface area contributed by atoms with E-state index in [1.165, 1.54) is 0 Å². The maximum atomic E-state index is 6.43. The molecule has 152 valence electrons. The van der Waals surface area contributed by atoms with Crippen molar-refractivity contribution in [2.24, 2.45) is 11.1 Å². The summed E-state index contributed by atoms with van der Waals surface area (Å²) >= 11 is 12.6. The van der Waals surface area contributed by atoms with Crippen LogP contribution in [0.25, 0.3) is 22.3 Å². The quantitative estimate of drug-likeness (QED) is 0.633. The Kier molecular flexibility index (Phi) is 4.70. The van der Waals surface area contributed by atoms with Crippen LogP contribution in [-0.4, -0.2) is 46.8 Å². The number of hydrogen-bond acceptors (Lipinski definition) is 5. The second-order valence-electron chi connectivity index (χ2n) is 8.12. The first-order chi connectivity index (χ1) is 14.0. The number of nitrogens with one attached hydrogen (secondary N) is 1. The third-order valence-electron chi connectivity index (χ3n) is 6.54. The summed E-state index contributed by atoms with van der Waals surface area (Å²) in [6.07, 6.45) is 5.86. The highest BCUT2D eigenvalue weighted by Gasteiger charge is 2.47. The molecule has 1 spiro atoms. The Bertz CT molecular complexity index is 1060. The van der Waals surface area contributed by atoms with Gasteiger partial charge in [0.05, 0.1) is 29.0 Å². The van der Waals surface area contributed by atoms with Gasteiger partial charge in [0, 0.05) is 41.9 Å². The van der Waals surface area contributed by atoms with Gasteiger partial charge in [0.2, 0.25) is 0 Å². The Morgan fingerprint density at radius 2 is 2.03 bits per heavy atom. The summed E-state index contributed by atoms with van der Waals surface area (Å²) in [4.78, 5) is 15.0. The number of nitrogens with zero attached hydrogens (tertiary/aromatic N) is 3. The van der Waals surface area contributed by atoms with E-state index in [1.54, 1.807) is 6.07 Å². The van der Waals surface area contributed by atoms with Crippen LogP contribution in [0, 0.1) is 5.41 Å². The molecule has 2 aromatic heterocycles. The van der Waals surface area contributed by atoms with E-state index in [2.05, 4.69) is 16.8 Å². The van der Waals surface area contributed by atoms with Crippen molar-refractivity contribution in [3.05, 3.63) is 40.6 Å². The monoisotopic (exact) mass is 431 g/mol. The Hall–Kier alpha value is -1.86. The number of rotatable bonds is 2. The van der Waals surface area contributed by atoms with E-state index >= 15 is 0 Å². The molecular formula is C21H23Cl2N5O. The van der Waals surface area contributed by atoms with Crippen molar-refractivity contribution < 1.29 is 4.74 Å². The van der Waals surface area contributed by atoms with Crippen LogP contribution in [0.15, 0.2) is 30.6 Å². The van der Waals surface area contributed by atoms with Crippen LogP contribution in [0.3, 0.4) is 0 Å². The van der Waals surface area contributed by atoms with Gasteiger partial charge in [-0.3, -0.25) is 0 Å². The normalized spacial score (nSPS) is 23.9. The number of piperidine rings is 1. The van der Waals surface area contributed by atoms with Crippen LogP contribution in [-0.2, 0) is 4.74 Å². The van der Waals surface area contributed by atoms with Crippen LogP contribution >= 0.6 is 23.2 Å². The van der Waals surface area contributed by atoms with Crippen LogP contribution in [0.1, 0.15) is 19.8 Å². The van der Waals surface area contributed by atoms with Crippen LogP contribution in [0.4, 0.5) is 5.82 Å².